The Kier molecular flexibility index (Phi) is 37.2. The van der Waals surface area contributed by atoms with Crippen LogP contribution in [-0.2, 0) is 32.7 Å². The molecular weight excluding hydrogens is 695 g/mol. The third-order valence-corrected chi connectivity index (χ3v) is 9.75. The average Bonchev–Trinajstić information content (AvgIpc) is 3.14. The molecule has 310 valence electrons. The van der Waals surface area contributed by atoms with Gasteiger partial charge in [0.25, 0.3) is 0 Å². The van der Waals surface area contributed by atoms with Crippen molar-refractivity contribution < 1.29 is 47.8 Å². The summed E-state index contributed by atoms with van der Waals surface area (Å²) in [6, 6.07) is 0. The summed E-state index contributed by atoms with van der Waals surface area (Å²) in [7, 11) is -4.63. The lowest BCUT2D eigenvalue weighted by Crippen LogP contribution is -2.29. The first-order valence-electron chi connectivity index (χ1n) is 20.9. The first-order valence-corrected chi connectivity index (χ1v) is 22.4. The summed E-state index contributed by atoms with van der Waals surface area (Å²) in [5.74, 6) is -0.983. The van der Waals surface area contributed by atoms with Crippen molar-refractivity contribution >= 4 is 19.8 Å². The SMILES string of the molecule is CCCCCCCCC=CCC=CCC=CCCCC(=O)O[C@H](COC(=O)CCCCCCCCCCCCCCC)COP(=O)(O)OC[C@@H](O)CO. The molecule has 10 nitrogen and oxygen atoms in total. The van der Waals surface area contributed by atoms with Crippen molar-refractivity contribution in [3.8, 4) is 0 Å². The Hall–Kier alpha value is -1.81. The van der Waals surface area contributed by atoms with Crippen molar-refractivity contribution in [1.29, 1.82) is 0 Å². The molecule has 0 aliphatic rings. The van der Waals surface area contributed by atoms with Crippen LogP contribution >= 0.6 is 7.82 Å². The van der Waals surface area contributed by atoms with Gasteiger partial charge in [0, 0.05) is 12.8 Å². The summed E-state index contributed by atoms with van der Waals surface area (Å²) in [6.45, 7) is 2.31. The number of hydrogen-bond acceptors (Lipinski definition) is 9. The van der Waals surface area contributed by atoms with Gasteiger partial charge in [-0.2, -0.15) is 0 Å². The first-order chi connectivity index (χ1) is 25.7. The van der Waals surface area contributed by atoms with E-state index in [4.69, 9.17) is 19.1 Å². The fourth-order valence-electron chi connectivity index (χ4n) is 5.54. The predicted molar refractivity (Wildman–Crippen MR) is 214 cm³/mol. The van der Waals surface area contributed by atoms with Crippen LogP contribution in [0, 0.1) is 0 Å². The second kappa shape index (κ2) is 38.5. The zero-order valence-corrected chi connectivity index (χ0v) is 34.4. The Labute approximate surface area is 322 Å². The van der Waals surface area contributed by atoms with Gasteiger partial charge in [-0.25, -0.2) is 4.57 Å². The molecule has 1 unspecified atom stereocenters. The summed E-state index contributed by atoms with van der Waals surface area (Å²) >= 11 is 0. The van der Waals surface area contributed by atoms with Crippen molar-refractivity contribution in [2.45, 2.75) is 193 Å². The molecule has 0 spiro atoms. The third kappa shape index (κ3) is 38.3. The maximum absolute atomic E-state index is 12.6. The highest BCUT2D eigenvalue weighted by atomic mass is 31.2. The Bertz CT molecular complexity index is 983. The van der Waals surface area contributed by atoms with Gasteiger partial charge in [0.2, 0.25) is 0 Å². The van der Waals surface area contributed by atoms with Crippen molar-refractivity contribution in [3.05, 3.63) is 36.5 Å². The molecular formula is C42H77O10P. The normalized spacial score (nSPS) is 14.3. The lowest BCUT2D eigenvalue weighted by atomic mass is 10.0. The highest BCUT2D eigenvalue weighted by Gasteiger charge is 2.27. The highest BCUT2D eigenvalue weighted by Crippen LogP contribution is 2.43. The Morgan fingerprint density at radius 3 is 1.53 bits per heavy atom. The number of esters is 2. The van der Waals surface area contributed by atoms with Gasteiger partial charge in [-0.05, 0) is 44.9 Å². The molecule has 0 radical (unpaired) electrons. The van der Waals surface area contributed by atoms with Crippen LogP contribution in [0.15, 0.2) is 36.5 Å². The summed E-state index contributed by atoms with van der Waals surface area (Å²) < 4.78 is 32.6. The van der Waals surface area contributed by atoms with Crippen LogP contribution in [-0.4, -0.2) is 65.7 Å². The number of unbranched alkanes of at least 4 members (excludes halogenated alkanes) is 19. The molecule has 3 atom stereocenters. The molecule has 11 heteroatoms. The van der Waals surface area contributed by atoms with E-state index in [9.17, 15) is 24.2 Å². The Balaban J connectivity index is 4.40. The highest BCUT2D eigenvalue weighted by molar-refractivity contribution is 7.47. The maximum atomic E-state index is 12.6. The minimum atomic E-state index is -4.63. The van der Waals surface area contributed by atoms with Crippen molar-refractivity contribution in [1.82, 2.24) is 0 Å². The van der Waals surface area contributed by atoms with Crippen LogP contribution in [0.5, 0.6) is 0 Å². The molecule has 0 heterocycles. The van der Waals surface area contributed by atoms with Crippen molar-refractivity contribution in [2.24, 2.45) is 0 Å². The molecule has 3 N–H and O–H groups in total. The van der Waals surface area contributed by atoms with Gasteiger partial charge in [0.15, 0.2) is 6.10 Å². The number of aliphatic hydroxyl groups is 2. The number of phosphoric acid groups is 1. The number of allylic oxidation sites excluding steroid dienone is 6. The molecule has 0 aliphatic carbocycles. The van der Waals surface area contributed by atoms with Crippen LogP contribution in [0.2, 0.25) is 0 Å². The Morgan fingerprint density at radius 2 is 1.00 bits per heavy atom. The molecule has 0 aromatic carbocycles. The van der Waals surface area contributed by atoms with Crippen molar-refractivity contribution in [2.75, 3.05) is 26.4 Å². The lowest BCUT2D eigenvalue weighted by Gasteiger charge is -2.20. The summed E-state index contributed by atoms with van der Waals surface area (Å²) in [4.78, 5) is 34.9. The zero-order chi connectivity index (χ0) is 39.1. The molecule has 0 bridgehead atoms. The molecule has 0 fully saturated rings. The zero-order valence-electron chi connectivity index (χ0n) is 33.5. The van der Waals surface area contributed by atoms with Gasteiger partial charge in [-0.15, -0.1) is 0 Å². The minimum absolute atomic E-state index is 0.114. The van der Waals surface area contributed by atoms with Gasteiger partial charge in [-0.1, -0.05) is 159 Å². The van der Waals surface area contributed by atoms with Gasteiger partial charge in [-0.3, -0.25) is 18.6 Å². The van der Waals surface area contributed by atoms with Gasteiger partial charge < -0.3 is 24.6 Å². The van der Waals surface area contributed by atoms with Crippen LogP contribution in [0.3, 0.4) is 0 Å². The topological polar surface area (TPSA) is 149 Å². The van der Waals surface area contributed by atoms with E-state index in [0.717, 1.165) is 38.5 Å². The number of ether oxygens (including phenoxy) is 2. The minimum Gasteiger partial charge on any atom is -0.462 e. The summed E-state index contributed by atoms with van der Waals surface area (Å²) in [5, 5.41) is 18.3. The summed E-state index contributed by atoms with van der Waals surface area (Å²) in [6.07, 6.45) is 38.3. The van der Waals surface area contributed by atoms with E-state index in [1.165, 1.54) is 96.3 Å². The fourth-order valence-corrected chi connectivity index (χ4v) is 6.33. The number of carbonyl (C=O) groups excluding carboxylic acids is 2. The molecule has 53 heavy (non-hydrogen) atoms. The largest absolute Gasteiger partial charge is 0.472 e. The van der Waals surface area contributed by atoms with E-state index in [-0.39, 0.29) is 19.4 Å². The maximum Gasteiger partial charge on any atom is 0.472 e. The third-order valence-electron chi connectivity index (χ3n) is 8.80. The van der Waals surface area contributed by atoms with Crippen LogP contribution in [0.25, 0.3) is 0 Å². The first kappa shape index (κ1) is 51.2. The molecule has 0 amide bonds. The molecule has 0 rings (SSSR count). The second-order valence-electron chi connectivity index (χ2n) is 14.0. The molecule has 0 aromatic rings. The van der Waals surface area contributed by atoms with Crippen LogP contribution in [0.4, 0.5) is 0 Å². The average molecular weight is 773 g/mol. The van der Waals surface area contributed by atoms with E-state index >= 15 is 0 Å². The standard InChI is InChI=1S/C42H77O10P/c1-3-5-7-9-11-13-15-17-18-19-20-22-24-26-28-30-32-34-42(46)52-40(38-51-53(47,48)50-36-39(44)35-43)37-49-41(45)33-31-29-27-25-23-21-16-14-12-10-8-6-4-2/h17-18,20,22,26,28,39-40,43-44H,3-16,19,21,23-25,27,29-38H2,1-2H3,(H,47,48)/t39-,40+/m0/s1. The quantitative estimate of drug-likeness (QED) is 0.0238. The smallest absolute Gasteiger partial charge is 0.462 e. The van der Waals surface area contributed by atoms with E-state index in [1.807, 2.05) is 6.08 Å². The van der Waals surface area contributed by atoms with E-state index in [1.54, 1.807) is 0 Å². The molecule has 0 saturated carbocycles. The lowest BCUT2D eigenvalue weighted by molar-refractivity contribution is -0.161. The van der Waals surface area contributed by atoms with Gasteiger partial charge in [0.05, 0.1) is 19.8 Å². The van der Waals surface area contributed by atoms with Gasteiger partial charge >= 0.3 is 19.8 Å². The predicted octanol–water partition coefficient (Wildman–Crippen LogP) is 10.8. The summed E-state index contributed by atoms with van der Waals surface area (Å²) in [5.41, 5.74) is 0. The second-order valence-corrected chi connectivity index (χ2v) is 15.5. The number of hydrogen-bond donors (Lipinski definition) is 3. The monoisotopic (exact) mass is 773 g/mol. The fraction of sp³-hybridized carbons (Fsp3) is 0.810. The number of rotatable bonds is 39. The van der Waals surface area contributed by atoms with E-state index in [0.29, 0.717) is 19.3 Å². The number of carbonyl (C=O) groups is 2. The Morgan fingerprint density at radius 1 is 0.566 bits per heavy atom. The van der Waals surface area contributed by atoms with E-state index < -0.39 is 51.8 Å². The molecule has 0 saturated heterocycles. The van der Waals surface area contributed by atoms with Crippen LogP contribution in [0.1, 0.15) is 181 Å². The van der Waals surface area contributed by atoms with Gasteiger partial charge in [0.1, 0.15) is 12.7 Å². The number of aliphatic hydroxyl groups excluding tert-OH is 2. The van der Waals surface area contributed by atoms with Crippen LogP contribution < -0.4 is 0 Å². The molecule has 0 aliphatic heterocycles. The number of phosphoric ester groups is 1. The van der Waals surface area contributed by atoms with E-state index in [2.05, 4.69) is 48.8 Å². The molecule has 0 aromatic heterocycles. The van der Waals surface area contributed by atoms with Crippen molar-refractivity contribution in [3.63, 3.8) is 0 Å².